The lowest BCUT2D eigenvalue weighted by Crippen LogP contribution is -2.27. The van der Waals surface area contributed by atoms with Crippen molar-refractivity contribution in [3.05, 3.63) is 89.7 Å². The van der Waals surface area contributed by atoms with E-state index in [-0.39, 0.29) is 23.2 Å². The summed E-state index contributed by atoms with van der Waals surface area (Å²) in [5.41, 5.74) is 1.59. The van der Waals surface area contributed by atoms with Crippen molar-refractivity contribution in [2.45, 2.75) is 24.3 Å². The molecule has 0 atom stereocenters. The standard InChI is InChI=1S/C24H23FN2O4S/c25-19-9-7-18(8-10-19)17-31-23-6-2-1-5-22(23)24(28)26-20-11-13-21(14-12-20)32(29,30)27-15-3-4-16-27/h1-2,5-14H,3-4,15-17H2,(H,26,28). The summed E-state index contributed by atoms with van der Waals surface area (Å²) in [6, 6.07) is 18.9. The monoisotopic (exact) mass is 454 g/mol. The van der Waals surface area contributed by atoms with Crippen molar-refractivity contribution in [1.82, 2.24) is 4.31 Å². The first-order valence-corrected chi connectivity index (χ1v) is 11.8. The van der Waals surface area contributed by atoms with Crippen LogP contribution < -0.4 is 10.1 Å². The van der Waals surface area contributed by atoms with Crippen LogP contribution in [0.3, 0.4) is 0 Å². The first kappa shape index (κ1) is 22.0. The quantitative estimate of drug-likeness (QED) is 0.573. The normalized spacial score (nSPS) is 14.3. The number of benzene rings is 3. The van der Waals surface area contributed by atoms with Gasteiger partial charge in [-0.1, -0.05) is 24.3 Å². The van der Waals surface area contributed by atoms with E-state index in [0.717, 1.165) is 18.4 Å². The number of halogens is 1. The van der Waals surface area contributed by atoms with Gasteiger partial charge < -0.3 is 10.1 Å². The van der Waals surface area contributed by atoms with E-state index in [9.17, 15) is 17.6 Å². The maximum absolute atomic E-state index is 13.1. The van der Waals surface area contributed by atoms with Crippen LogP contribution in [0.5, 0.6) is 5.75 Å². The van der Waals surface area contributed by atoms with Crippen LogP contribution in [-0.2, 0) is 16.6 Å². The SMILES string of the molecule is O=C(Nc1ccc(S(=O)(=O)N2CCCC2)cc1)c1ccccc1OCc1ccc(F)cc1. The number of sulfonamides is 1. The Balaban J connectivity index is 1.44. The first-order chi connectivity index (χ1) is 15.4. The molecule has 4 rings (SSSR count). The number of carbonyl (C=O) groups is 1. The van der Waals surface area contributed by atoms with E-state index in [1.54, 1.807) is 48.5 Å². The smallest absolute Gasteiger partial charge is 0.259 e. The number of ether oxygens (including phenoxy) is 1. The van der Waals surface area contributed by atoms with Crippen molar-refractivity contribution in [3.8, 4) is 5.75 Å². The fourth-order valence-corrected chi connectivity index (χ4v) is 5.03. The van der Waals surface area contributed by atoms with Crippen molar-refractivity contribution in [2.24, 2.45) is 0 Å². The van der Waals surface area contributed by atoms with Crippen LogP contribution in [0, 0.1) is 5.82 Å². The number of para-hydroxylation sites is 1. The summed E-state index contributed by atoms with van der Waals surface area (Å²) in [5, 5.41) is 2.78. The molecule has 32 heavy (non-hydrogen) atoms. The molecule has 0 aromatic heterocycles. The van der Waals surface area contributed by atoms with Crippen molar-refractivity contribution in [3.63, 3.8) is 0 Å². The number of nitrogens with zero attached hydrogens (tertiary/aromatic N) is 1. The van der Waals surface area contributed by atoms with E-state index in [1.165, 1.54) is 28.6 Å². The lowest BCUT2D eigenvalue weighted by Gasteiger charge is -2.16. The molecular formula is C24H23FN2O4S. The molecule has 0 radical (unpaired) electrons. The number of amides is 1. The molecule has 8 heteroatoms. The van der Waals surface area contributed by atoms with Crippen LogP contribution in [0.2, 0.25) is 0 Å². The van der Waals surface area contributed by atoms with E-state index in [4.69, 9.17) is 4.74 Å². The van der Waals surface area contributed by atoms with Crippen LogP contribution >= 0.6 is 0 Å². The van der Waals surface area contributed by atoms with E-state index in [2.05, 4.69) is 5.32 Å². The van der Waals surface area contributed by atoms with Gasteiger partial charge in [0.2, 0.25) is 10.0 Å². The third kappa shape index (κ3) is 4.98. The Bertz CT molecular complexity index is 1190. The maximum Gasteiger partial charge on any atom is 0.259 e. The molecule has 3 aromatic carbocycles. The Morgan fingerprint density at radius 1 is 0.938 bits per heavy atom. The van der Waals surface area contributed by atoms with Gasteiger partial charge in [0, 0.05) is 18.8 Å². The highest BCUT2D eigenvalue weighted by atomic mass is 32.2. The zero-order valence-electron chi connectivity index (χ0n) is 17.3. The molecule has 1 N–H and O–H groups in total. The molecule has 0 aliphatic carbocycles. The number of carbonyl (C=O) groups excluding carboxylic acids is 1. The van der Waals surface area contributed by atoms with Gasteiger partial charge in [-0.05, 0) is 66.9 Å². The molecule has 1 amide bonds. The van der Waals surface area contributed by atoms with Gasteiger partial charge in [0.1, 0.15) is 18.2 Å². The summed E-state index contributed by atoms with van der Waals surface area (Å²) in [7, 11) is -3.50. The third-order valence-corrected chi connectivity index (χ3v) is 7.17. The van der Waals surface area contributed by atoms with E-state index >= 15 is 0 Å². The lowest BCUT2D eigenvalue weighted by atomic mass is 10.1. The summed E-state index contributed by atoms with van der Waals surface area (Å²) in [6.45, 7) is 1.26. The van der Waals surface area contributed by atoms with Crippen LogP contribution in [0.4, 0.5) is 10.1 Å². The van der Waals surface area contributed by atoms with Crippen LogP contribution in [0.1, 0.15) is 28.8 Å². The molecule has 0 unspecified atom stereocenters. The molecule has 1 aliphatic heterocycles. The van der Waals surface area contributed by atoms with Gasteiger partial charge >= 0.3 is 0 Å². The maximum atomic E-state index is 13.1. The minimum Gasteiger partial charge on any atom is -0.488 e. The third-order valence-electron chi connectivity index (χ3n) is 5.25. The second kappa shape index (κ2) is 9.50. The Morgan fingerprint density at radius 3 is 2.28 bits per heavy atom. The van der Waals surface area contributed by atoms with Crippen molar-refractivity contribution >= 4 is 21.6 Å². The topological polar surface area (TPSA) is 75.7 Å². The Labute approximate surface area is 186 Å². The lowest BCUT2D eigenvalue weighted by molar-refractivity contribution is 0.102. The van der Waals surface area contributed by atoms with Gasteiger partial charge in [-0.3, -0.25) is 4.79 Å². The molecule has 166 valence electrons. The number of nitrogens with one attached hydrogen (secondary N) is 1. The summed E-state index contributed by atoms with van der Waals surface area (Å²) in [5.74, 6) is -0.315. The van der Waals surface area contributed by atoms with Crippen LogP contribution in [-0.4, -0.2) is 31.7 Å². The second-order valence-electron chi connectivity index (χ2n) is 7.50. The molecular weight excluding hydrogens is 431 g/mol. The second-order valence-corrected chi connectivity index (χ2v) is 9.44. The average Bonchev–Trinajstić information content (AvgIpc) is 3.35. The van der Waals surface area contributed by atoms with E-state index in [1.807, 2.05) is 0 Å². The first-order valence-electron chi connectivity index (χ1n) is 10.3. The summed E-state index contributed by atoms with van der Waals surface area (Å²) < 4.78 is 45.6. The fraction of sp³-hybridized carbons (Fsp3) is 0.208. The molecule has 3 aromatic rings. The Kier molecular flexibility index (Phi) is 6.53. The molecule has 1 saturated heterocycles. The molecule has 1 fully saturated rings. The van der Waals surface area contributed by atoms with Crippen molar-refractivity contribution in [2.75, 3.05) is 18.4 Å². The van der Waals surface area contributed by atoms with Crippen LogP contribution in [0.25, 0.3) is 0 Å². The summed E-state index contributed by atoms with van der Waals surface area (Å²) in [4.78, 5) is 13.0. The minimum atomic E-state index is -3.50. The Hall–Kier alpha value is -3.23. The number of hydrogen-bond donors (Lipinski definition) is 1. The number of hydrogen-bond acceptors (Lipinski definition) is 4. The Morgan fingerprint density at radius 2 is 1.59 bits per heavy atom. The molecule has 6 nitrogen and oxygen atoms in total. The summed E-state index contributed by atoms with van der Waals surface area (Å²) >= 11 is 0. The molecule has 0 bridgehead atoms. The van der Waals surface area contributed by atoms with Crippen LogP contribution in [0.15, 0.2) is 77.7 Å². The van der Waals surface area contributed by atoms with Gasteiger partial charge in [-0.2, -0.15) is 4.31 Å². The fourth-order valence-electron chi connectivity index (χ4n) is 3.51. The highest BCUT2D eigenvalue weighted by molar-refractivity contribution is 7.89. The molecule has 0 spiro atoms. The summed E-state index contributed by atoms with van der Waals surface area (Å²) in [6.07, 6.45) is 1.74. The molecule has 1 aliphatic rings. The number of anilines is 1. The number of rotatable bonds is 7. The van der Waals surface area contributed by atoms with E-state index < -0.39 is 10.0 Å². The zero-order valence-corrected chi connectivity index (χ0v) is 18.1. The molecule has 0 saturated carbocycles. The largest absolute Gasteiger partial charge is 0.488 e. The van der Waals surface area contributed by atoms with Gasteiger partial charge in [0.05, 0.1) is 10.5 Å². The zero-order chi connectivity index (χ0) is 22.6. The predicted octanol–water partition coefficient (Wildman–Crippen LogP) is 4.44. The highest BCUT2D eigenvalue weighted by Crippen LogP contribution is 2.24. The van der Waals surface area contributed by atoms with Crippen molar-refractivity contribution < 1.29 is 22.3 Å². The predicted molar refractivity (Wildman–Crippen MR) is 120 cm³/mol. The van der Waals surface area contributed by atoms with Gasteiger partial charge in [-0.15, -0.1) is 0 Å². The van der Waals surface area contributed by atoms with Crippen molar-refractivity contribution in [1.29, 1.82) is 0 Å². The van der Waals surface area contributed by atoms with E-state index in [0.29, 0.717) is 30.1 Å². The van der Waals surface area contributed by atoms with Gasteiger partial charge in [-0.25, -0.2) is 12.8 Å². The van der Waals surface area contributed by atoms with Gasteiger partial charge in [0.15, 0.2) is 0 Å². The molecule has 1 heterocycles. The average molecular weight is 455 g/mol. The highest BCUT2D eigenvalue weighted by Gasteiger charge is 2.27. The minimum absolute atomic E-state index is 0.188. The van der Waals surface area contributed by atoms with Gasteiger partial charge in [0.25, 0.3) is 5.91 Å².